The Morgan fingerprint density at radius 3 is 2.72 bits per heavy atom. The number of aromatic nitrogens is 1. The van der Waals surface area contributed by atoms with Crippen LogP contribution in [-0.4, -0.2) is 10.9 Å². The van der Waals surface area contributed by atoms with Crippen molar-refractivity contribution in [2.24, 2.45) is 0 Å². The maximum atomic E-state index is 13.2. The number of carbonyl (C=O) groups is 1. The molecule has 0 unspecified atom stereocenters. The zero-order chi connectivity index (χ0) is 13.1. The first-order valence-electron chi connectivity index (χ1n) is 4.96. The quantitative estimate of drug-likeness (QED) is 0.849. The molecule has 0 fully saturated rings. The lowest BCUT2D eigenvalue weighted by molar-refractivity contribution is 0.102. The van der Waals surface area contributed by atoms with Gasteiger partial charge in [-0.15, -0.1) is 0 Å². The van der Waals surface area contributed by atoms with E-state index < -0.39 is 11.7 Å². The third kappa shape index (κ3) is 2.86. The molecule has 0 saturated heterocycles. The smallest absolute Gasteiger partial charge is 0.258 e. The largest absolute Gasteiger partial charge is 0.306 e. The molecular weight excluding hydrogens is 322 g/mol. The fraction of sp³-hybridized carbons (Fsp3) is 0. The molecule has 3 nitrogen and oxygen atoms in total. The molecule has 1 N–H and O–H groups in total. The summed E-state index contributed by atoms with van der Waals surface area (Å²) in [5, 5.41) is 2.33. The summed E-state index contributed by atoms with van der Waals surface area (Å²) in [6.07, 6.45) is 0. The van der Waals surface area contributed by atoms with Crippen LogP contribution in [0.4, 0.5) is 10.2 Å². The number of nitrogens with zero attached hydrogens (tertiary/aromatic N) is 1. The molecular formula is C12H7BrClFN2O. The monoisotopic (exact) mass is 328 g/mol. The third-order valence-corrected chi connectivity index (χ3v) is 2.98. The van der Waals surface area contributed by atoms with Crippen LogP contribution in [0.1, 0.15) is 10.4 Å². The number of hydrogen-bond donors (Lipinski definition) is 1. The summed E-state index contributed by atoms with van der Waals surface area (Å²) in [5.74, 6) is -0.786. The fourth-order valence-electron chi connectivity index (χ4n) is 1.34. The van der Waals surface area contributed by atoms with Gasteiger partial charge >= 0.3 is 0 Å². The second-order valence-corrected chi connectivity index (χ2v) is 4.59. The molecule has 0 radical (unpaired) electrons. The van der Waals surface area contributed by atoms with Crippen molar-refractivity contribution >= 4 is 39.3 Å². The van der Waals surface area contributed by atoms with E-state index in [1.807, 2.05) is 0 Å². The molecule has 0 aliphatic carbocycles. The molecule has 2 aromatic rings. The van der Waals surface area contributed by atoms with Gasteiger partial charge < -0.3 is 5.32 Å². The Hall–Kier alpha value is -1.46. The van der Waals surface area contributed by atoms with E-state index in [0.717, 1.165) is 0 Å². The predicted octanol–water partition coefficient (Wildman–Crippen LogP) is 3.89. The molecule has 0 saturated carbocycles. The number of halogens is 3. The maximum Gasteiger partial charge on any atom is 0.258 e. The second-order valence-electron chi connectivity index (χ2n) is 3.40. The van der Waals surface area contributed by atoms with Crippen LogP contribution in [-0.2, 0) is 0 Å². The lowest BCUT2D eigenvalue weighted by Gasteiger charge is -2.06. The first-order chi connectivity index (χ1) is 8.58. The van der Waals surface area contributed by atoms with Crippen molar-refractivity contribution in [3.63, 3.8) is 0 Å². The molecule has 92 valence electrons. The highest BCUT2D eigenvalue weighted by Gasteiger charge is 2.13. The standard InChI is InChI=1S/C12H7BrClFN2O/c13-9-5-2-6-10(16-9)17-12(18)7-3-1-4-8(15)11(7)14/h1-6H,(H,16,17,18). The predicted molar refractivity (Wildman–Crippen MR) is 71.3 cm³/mol. The van der Waals surface area contributed by atoms with Gasteiger partial charge in [-0.2, -0.15) is 0 Å². The van der Waals surface area contributed by atoms with Crippen LogP contribution in [0.25, 0.3) is 0 Å². The molecule has 1 aromatic heterocycles. The van der Waals surface area contributed by atoms with Gasteiger partial charge in [0.1, 0.15) is 16.2 Å². The number of benzene rings is 1. The number of hydrogen-bond acceptors (Lipinski definition) is 2. The summed E-state index contributed by atoms with van der Waals surface area (Å²) in [4.78, 5) is 15.9. The molecule has 0 bridgehead atoms. The van der Waals surface area contributed by atoms with Crippen LogP contribution in [0.3, 0.4) is 0 Å². The van der Waals surface area contributed by atoms with Crippen LogP contribution in [0.2, 0.25) is 5.02 Å². The van der Waals surface area contributed by atoms with E-state index in [4.69, 9.17) is 11.6 Å². The molecule has 18 heavy (non-hydrogen) atoms. The van der Waals surface area contributed by atoms with E-state index in [1.165, 1.54) is 18.2 Å². The third-order valence-electron chi connectivity index (χ3n) is 2.15. The van der Waals surface area contributed by atoms with Crippen molar-refractivity contribution in [1.82, 2.24) is 4.98 Å². The number of carbonyl (C=O) groups excluding carboxylic acids is 1. The number of nitrogens with one attached hydrogen (secondary N) is 1. The van der Waals surface area contributed by atoms with E-state index in [-0.39, 0.29) is 10.6 Å². The van der Waals surface area contributed by atoms with Gasteiger partial charge in [-0.25, -0.2) is 9.37 Å². The summed E-state index contributed by atoms with van der Waals surface area (Å²) in [6, 6.07) is 9.13. The Balaban J connectivity index is 2.25. The Bertz CT molecular complexity index is 606. The van der Waals surface area contributed by atoms with Gasteiger partial charge in [0.25, 0.3) is 5.91 Å². The van der Waals surface area contributed by atoms with Crippen LogP contribution in [0.5, 0.6) is 0 Å². The normalized spacial score (nSPS) is 10.2. The van der Waals surface area contributed by atoms with Crippen molar-refractivity contribution in [2.75, 3.05) is 5.32 Å². The van der Waals surface area contributed by atoms with E-state index in [2.05, 4.69) is 26.2 Å². The number of rotatable bonds is 2. The van der Waals surface area contributed by atoms with Crippen molar-refractivity contribution in [3.8, 4) is 0 Å². The molecule has 1 aromatic carbocycles. The minimum atomic E-state index is -0.633. The Morgan fingerprint density at radius 2 is 2.00 bits per heavy atom. The number of amides is 1. The number of anilines is 1. The molecule has 1 amide bonds. The molecule has 0 aliphatic heterocycles. The van der Waals surface area contributed by atoms with E-state index >= 15 is 0 Å². The zero-order valence-electron chi connectivity index (χ0n) is 8.95. The van der Waals surface area contributed by atoms with E-state index in [0.29, 0.717) is 10.4 Å². The molecule has 1 heterocycles. The van der Waals surface area contributed by atoms with Crippen molar-refractivity contribution in [3.05, 3.63) is 57.4 Å². The van der Waals surface area contributed by atoms with Gasteiger partial charge in [0, 0.05) is 0 Å². The summed E-state index contributed by atoms with van der Waals surface area (Å²) < 4.78 is 13.8. The first-order valence-corrected chi connectivity index (χ1v) is 6.13. The average molecular weight is 330 g/mol. The van der Waals surface area contributed by atoms with Gasteiger partial charge in [-0.1, -0.05) is 23.7 Å². The highest BCUT2D eigenvalue weighted by Crippen LogP contribution is 2.20. The van der Waals surface area contributed by atoms with Crippen molar-refractivity contribution in [2.45, 2.75) is 0 Å². The minimum Gasteiger partial charge on any atom is -0.306 e. The minimum absolute atomic E-state index is 0.0680. The Kier molecular flexibility index (Phi) is 3.93. The van der Waals surface area contributed by atoms with Crippen LogP contribution in [0.15, 0.2) is 41.0 Å². The van der Waals surface area contributed by atoms with Gasteiger partial charge in [-0.05, 0) is 40.2 Å². The lowest BCUT2D eigenvalue weighted by atomic mass is 10.2. The Morgan fingerprint density at radius 1 is 1.28 bits per heavy atom. The highest BCUT2D eigenvalue weighted by atomic mass is 79.9. The molecule has 6 heteroatoms. The summed E-state index contributed by atoms with van der Waals surface area (Å²) >= 11 is 8.91. The van der Waals surface area contributed by atoms with E-state index in [1.54, 1.807) is 18.2 Å². The van der Waals surface area contributed by atoms with Crippen LogP contribution < -0.4 is 5.32 Å². The van der Waals surface area contributed by atoms with Gasteiger partial charge in [0.05, 0.1) is 10.6 Å². The fourth-order valence-corrected chi connectivity index (χ4v) is 1.90. The summed E-state index contributed by atoms with van der Waals surface area (Å²) in [6.45, 7) is 0. The highest BCUT2D eigenvalue weighted by molar-refractivity contribution is 9.10. The summed E-state index contributed by atoms with van der Waals surface area (Å²) in [5.41, 5.74) is 0.0680. The van der Waals surface area contributed by atoms with Crippen molar-refractivity contribution in [1.29, 1.82) is 0 Å². The Labute approximate surface area is 116 Å². The van der Waals surface area contributed by atoms with Crippen molar-refractivity contribution < 1.29 is 9.18 Å². The SMILES string of the molecule is O=C(Nc1cccc(Br)n1)c1cccc(F)c1Cl. The van der Waals surface area contributed by atoms with E-state index in [9.17, 15) is 9.18 Å². The van der Waals surface area contributed by atoms with Gasteiger partial charge in [0.15, 0.2) is 0 Å². The first kappa shape index (κ1) is 13.0. The average Bonchev–Trinajstić information content (AvgIpc) is 2.32. The zero-order valence-corrected chi connectivity index (χ0v) is 11.3. The second kappa shape index (κ2) is 5.46. The lowest BCUT2D eigenvalue weighted by Crippen LogP contribution is -2.13. The van der Waals surface area contributed by atoms with Gasteiger partial charge in [-0.3, -0.25) is 4.79 Å². The molecule has 0 atom stereocenters. The topological polar surface area (TPSA) is 42.0 Å². The maximum absolute atomic E-state index is 13.2. The van der Waals surface area contributed by atoms with Crippen LogP contribution >= 0.6 is 27.5 Å². The van der Waals surface area contributed by atoms with Gasteiger partial charge in [0.2, 0.25) is 0 Å². The van der Waals surface area contributed by atoms with Crippen LogP contribution in [0, 0.1) is 5.82 Å². The molecule has 2 rings (SSSR count). The summed E-state index contributed by atoms with van der Waals surface area (Å²) in [7, 11) is 0. The molecule has 0 aliphatic rings. The molecule has 0 spiro atoms. The number of pyridine rings is 1.